The lowest BCUT2D eigenvalue weighted by Gasteiger charge is -2.52. The number of piperazine rings is 1. The maximum Gasteiger partial charge on any atom is 0.0410 e. The molecule has 2 heterocycles. The number of nitrogens with zero attached hydrogens (tertiary/aromatic N) is 2. The summed E-state index contributed by atoms with van der Waals surface area (Å²) in [5.41, 5.74) is 1.71. The van der Waals surface area contributed by atoms with Crippen LogP contribution in [0.3, 0.4) is 0 Å². The van der Waals surface area contributed by atoms with Crippen LogP contribution in [-0.2, 0) is 6.54 Å². The van der Waals surface area contributed by atoms with Crippen LogP contribution >= 0.6 is 15.9 Å². The van der Waals surface area contributed by atoms with Crippen molar-refractivity contribution >= 4 is 15.9 Å². The lowest BCUT2D eigenvalue weighted by atomic mass is 9.85. The fourth-order valence-electron chi connectivity index (χ4n) is 2.78. The number of pyridine rings is 1. The van der Waals surface area contributed by atoms with Gasteiger partial charge in [0.05, 0.1) is 0 Å². The third-order valence-electron chi connectivity index (χ3n) is 4.88. The Bertz CT molecular complexity index is 465. The maximum absolute atomic E-state index is 4.29. The van der Waals surface area contributed by atoms with Crippen molar-refractivity contribution < 1.29 is 0 Å². The van der Waals surface area contributed by atoms with E-state index < -0.39 is 0 Å². The largest absolute Gasteiger partial charge is 0.308 e. The quantitative estimate of drug-likeness (QED) is 0.908. The first-order valence-electron chi connectivity index (χ1n) is 7.50. The lowest BCUT2D eigenvalue weighted by Crippen LogP contribution is -2.67. The molecule has 1 aliphatic rings. The minimum Gasteiger partial charge on any atom is -0.308 e. The van der Waals surface area contributed by atoms with E-state index in [9.17, 15) is 0 Å². The molecule has 1 aromatic heterocycles. The SMILES string of the molecule is CCC1(C)CN(Cc2cncc(Br)c2)C(C)(CC)CN1. The van der Waals surface area contributed by atoms with E-state index in [0.29, 0.717) is 0 Å². The molecule has 0 aromatic carbocycles. The fourth-order valence-corrected chi connectivity index (χ4v) is 3.19. The molecule has 1 aromatic rings. The molecular weight excluding hydrogens is 314 g/mol. The van der Waals surface area contributed by atoms with Gasteiger partial charge in [-0.25, -0.2) is 0 Å². The van der Waals surface area contributed by atoms with Gasteiger partial charge in [-0.15, -0.1) is 0 Å². The first-order valence-corrected chi connectivity index (χ1v) is 8.29. The van der Waals surface area contributed by atoms with Crippen LogP contribution in [0, 0.1) is 0 Å². The molecule has 0 aliphatic carbocycles. The van der Waals surface area contributed by atoms with Crippen molar-refractivity contribution in [2.24, 2.45) is 0 Å². The molecule has 2 rings (SSSR count). The Kier molecular flexibility index (Phi) is 4.88. The monoisotopic (exact) mass is 339 g/mol. The Morgan fingerprint density at radius 2 is 2.05 bits per heavy atom. The second kappa shape index (κ2) is 6.12. The van der Waals surface area contributed by atoms with Gasteiger partial charge in [-0.05, 0) is 54.2 Å². The first-order chi connectivity index (χ1) is 9.41. The second-order valence-corrected chi connectivity index (χ2v) is 7.40. The molecule has 0 saturated carbocycles. The van der Waals surface area contributed by atoms with Crippen molar-refractivity contribution in [3.8, 4) is 0 Å². The molecule has 1 saturated heterocycles. The average molecular weight is 340 g/mol. The van der Waals surface area contributed by atoms with Gasteiger partial charge in [0.2, 0.25) is 0 Å². The third kappa shape index (κ3) is 3.41. The number of hydrogen-bond acceptors (Lipinski definition) is 3. The summed E-state index contributed by atoms with van der Waals surface area (Å²) in [4.78, 5) is 6.91. The van der Waals surface area contributed by atoms with Gasteiger partial charge in [-0.3, -0.25) is 9.88 Å². The summed E-state index contributed by atoms with van der Waals surface area (Å²) in [6.07, 6.45) is 6.13. The highest BCUT2D eigenvalue weighted by Gasteiger charge is 2.40. The zero-order valence-corrected chi connectivity index (χ0v) is 14.6. The average Bonchev–Trinajstić information content (AvgIpc) is 2.43. The van der Waals surface area contributed by atoms with Crippen LogP contribution in [0.5, 0.6) is 0 Å². The Balaban J connectivity index is 2.20. The van der Waals surface area contributed by atoms with Crippen molar-refractivity contribution in [1.82, 2.24) is 15.2 Å². The number of rotatable bonds is 4. The van der Waals surface area contributed by atoms with Crippen molar-refractivity contribution in [3.63, 3.8) is 0 Å². The summed E-state index contributed by atoms with van der Waals surface area (Å²) in [5.74, 6) is 0. The second-order valence-electron chi connectivity index (χ2n) is 6.49. The zero-order chi connectivity index (χ0) is 14.8. The summed E-state index contributed by atoms with van der Waals surface area (Å²) in [6, 6.07) is 2.17. The van der Waals surface area contributed by atoms with Crippen molar-refractivity contribution in [3.05, 3.63) is 28.5 Å². The van der Waals surface area contributed by atoms with E-state index in [1.54, 1.807) is 0 Å². The van der Waals surface area contributed by atoms with Gasteiger partial charge in [0.1, 0.15) is 0 Å². The van der Waals surface area contributed by atoms with Crippen LogP contribution in [0.2, 0.25) is 0 Å². The van der Waals surface area contributed by atoms with Crippen molar-refractivity contribution in [2.45, 2.75) is 58.2 Å². The number of hydrogen-bond donors (Lipinski definition) is 1. The van der Waals surface area contributed by atoms with E-state index in [4.69, 9.17) is 0 Å². The smallest absolute Gasteiger partial charge is 0.0410 e. The molecule has 2 atom stereocenters. The summed E-state index contributed by atoms with van der Waals surface area (Å²) in [7, 11) is 0. The first kappa shape index (κ1) is 15.9. The normalized spacial score (nSPS) is 31.4. The molecular formula is C16H26BrN3. The molecule has 0 spiro atoms. The van der Waals surface area contributed by atoms with Crippen LogP contribution in [0.15, 0.2) is 22.9 Å². The summed E-state index contributed by atoms with van der Waals surface area (Å²) < 4.78 is 1.06. The highest BCUT2D eigenvalue weighted by molar-refractivity contribution is 9.10. The van der Waals surface area contributed by atoms with Gasteiger partial charge in [-0.2, -0.15) is 0 Å². The zero-order valence-electron chi connectivity index (χ0n) is 13.0. The number of halogens is 1. The highest BCUT2D eigenvalue weighted by Crippen LogP contribution is 2.30. The molecule has 3 nitrogen and oxygen atoms in total. The topological polar surface area (TPSA) is 28.2 Å². The molecule has 1 fully saturated rings. The van der Waals surface area contributed by atoms with Crippen LogP contribution in [0.4, 0.5) is 0 Å². The summed E-state index contributed by atoms with van der Waals surface area (Å²) >= 11 is 3.52. The van der Waals surface area contributed by atoms with Gasteiger partial charge in [0, 0.05) is 47.6 Å². The van der Waals surface area contributed by atoms with Crippen LogP contribution in [0.1, 0.15) is 46.1 Å². The minimum absolute atomic E-state index is 0.216. The van der Waals surface area contributed by atoms with Gasteiger partial charge < -0.3 is 5.32 Å². The van der Waals surface area contributed by atoms with Crippen LogP contribution < -0.4 is 5.32 Å². The number of nitrogens with one attached hydrogen (secondary N) is 1. The van der Waals surface area contributed by atoms with E-state index in [2.05, 4.69) is 64.9 Å². The van der Waals surface area contributed by atoms with E-state index in [0.717, 1.165) is 36.9 Å². The van der Waals surface area contributed by atoms with Crippen molar-refractivity contribution in [2.75, 3.05) is 13.1 Å². The minimum atomic E-state index is 0.216. The molecule has 112 valence electrons. The van der Waals surface area contributed by atoms with E-state index in [1.807, 2.05) is 12.4 Å². The van der Waals surface area contributed by atoms with Gasteiger partial charge in [-0.1, -0.05) is 13.8 Å². The standard InChI is InChI=1S/C16H26BrN3/c1-5-15(3)12-20(16(4,6-2)11-19-15)10-13-7-14(17)9-18-8-13/h7-9,19H,5-6,10-12H2,1-4H3. The molecule has 0 bridgehead atoms. The lowest BCUT2D eigenvalue weighted by molar-refractivity contribution is 0.0104. The fraction of sp³-hybridized carbons (Fsp3) is 0.688. The van der Waals surface area contributed by atoms with E-state index in [-0.39, 0.29) is 11.1 Å². The molecule has 1 aliphatic heterocycles. The Hall–Kier alpha value is -0.450. The molecule has 1 N–H and O–H groups in total. The summed E-state index contributed by atoms with van der Waals surface area (Å²) in [6.45, 7) is 12.3. The molecule has 2 unspecified atom stereocenters. The number of aromatic nitrogens is 1. The van der Waals surface area contributed by atoms with Crippen LogP contribution in [0.25, 0.3) is 0 Å². The Labute approximate surface area is 131 Å². The highest BCUT2D eigenvalue weighted by atomic mass is 79.9. The third-order valence-corrected chi connectivity index (χ3v) is 5.31. The molecule has 20 heavy (non-hydrogen) atoms. The van der Waals surface area contributed by atoms with E-state index in [1.165, 1.54) is 5.56 Å². The predicted octanol–water partition coefficient (Wildman–Crippen LogP) is 3.59. The summed E-state index contributed by atoms with van der Waals surface area (Å²) in [5, 5.41) is 3.75. The van der Waals surface area contributed by atoms with Crippen LogP contribution in [-0.4, -0.2) is 34.1 Å². The maximum atomic E-state index is 4.29. The van der Waals surface area contributed by atoms with Gasteiger partial charge in [0.15, 0.2) is 0 Å². The van der Waals surface area contributed by atoms with Gasteiger partial charge in [0.25, 0.3) is 0 Å². The van der Waals surface area contributed by atoms with Gasteiger partial charge >= 0.3 is 0 Å². The molecule has 4 heteroatoms. The Morgan fingerprint density at radius 1 is 1.30 bits per heavy atom. The Morgan fingerprint density at radius 3 is 2.65 bits per heavy atom. The molecule has 0 radical (unpaired) electrons. The predicted molar refractivity (Wildman–Crippen MR) is 87.7 cm³/mol. The van der Waals surface area contributed by atoms with Crippen molar-refractivity contribution in [1.29, 1.82) is 0 Å². The molecule has 0 amide bonds. The van der Waals surface area contributed by atoms with E-state index >= 15 is 0 Å².